The van der Waals surface area contributed by atoms with Gasteiger partial charge in [-0.3, -0.25) is 24.8 Å². The van der Waals surface area contributed by atoms with Crippen molar-refractivity contribution in [3.63, 3.8) is 0 Å². The van der Waals surface area contributed by atoms with Crippen molar-refractivity contribution in [1.82, 2.24) is 30.4 Å². The van der Waals surface area contributed by atoms with E-state index in [0.29, 0.717) is 21.7 Å². The molecule has 1 aromatic carbocycles. The van der Waals surface area contributed by atoms with E-state index in [2.05, 4.69) is 26.0 Å². The lowest BCUT2D eigenvalue weighted by molar-refractivity contribution is -0.119. The van der Waals surface area contributed by atoms with Crippen LogP contribution in [0.2, 0.25) is 5.02 Å². The van der Waals surface area contributed by atoms with Crippen LogP contribution in [-0.4, -0.2) is 44.3 Å². The fourth-order valence-corrected chi connectivity index (χ4v) is 3.47. The van der Waals surface area contributed by atoms with Gasteiger partial charge in [-0.1, -0.05) is 23.4 Å². The zero-order valence-electron chi connectivity index (χ0n) is 15.3. The van der Waals surface area contributed by atoms with Gasteiger partial charge in [0.25, 0.3) is 11.7 Å². The molecule has 0 fully saturated rings. The Morgan fingerprint density at radius 2 is 2.00 bits per heavy atom. The van der Waals surface area contributed by atoms with E-state index >= 15 is 0 Å². The molecule has 9 nitrogen and oxygen atoms in total. The Kier molecular flexibility index (Phi) is 6.00. The fourth-order valence-electron chi connectivity index (χ4n) is 2.51. The van der Waals surface area contributed by atoms with Crippen LogP contribution in [0.15, 0.2) is 29.4 Å². The number of amides is 2. The maximum atomic E-state index is 12.3. The predicted molar refractivity (Wildman–Crippen MR) is 105 cm³/mol. The molecule has 0 aliphatic rings. The highest BCUT2D eigenvalue weighted by molar-refractivity contribution is 7.99. The zero-order chi connectivity index (χ0) is 20.3. The molecule has 3 aromatic rings. The summed E-state index contributed by atoms with van der Waals surface area (Å²) in [5, 5.41) is 8.99. The molecule has 28 heavy (non-hydrogen) atoms. The molecule has 0 bridgehead atoms. The van der Waals surface area contributed by atoms with Crippen LogP contribution in [0.4, 0.5) is 0 Å². The van der Waals surface area contributed by atoms with Gasteiger partial charge in [-0.25, -0.2) is 4.98 Å². The molecule has 2 N–H and O–H groups in total. The van der Waals surface area contributed by atoms with Crippen molar-refractivity contribution in [2.45, 2.75) is 19.0 Å². The van der Waals surface area contributed by atoms with E-state index in [1.165, 1.54) is 24.9 Å². The van der Waals surface area contributed by atoms with Crippen LogP contribution < -0.4 is 15.6 Å². The normalized spacial score (nSPS) is 10.7. The summed E-state index contributed by atoms with van der Waals surface area (Å²) >= 11 is 7.09. The molecule has 2 aromatic heterocycles. The van der Waals surface area contributed by atoms with E-state index in [1.807, 2.05) is 19.9 Å². The maximum Gasteiger partial charge on any atom is 0.273 e. The number of ether oxygens (including phenoxy) is 1. The maximum absolute atomic E-state index is 12.3. The SMILES string of the molecule is COc1ccc(Cl)cc1C(=O)NNC(=O)CSc1nnc2nc(C)cc(C)n12. The Balaban J connectivity index is 1.60. The average Bonchev–Trinajstić information content (AvgIpc) is 3.07. The second-order valence-electron chi connectivity index (χ2n) is 5.79. The summed E-state index contributed by atoms with van der Waals surface area (Å²) in [4.78, 5) is 28.6. The third kappa shape index (κ3) is 4.34. The summed E-state index contributed by atoms with van der Waals surface area (Å²) in [7, 11) is 1.44. The lowest BCUT2D eigenvalue weighted by Crippen LogP contribution is -2.42. The van der Waals surface area contributed by atoms with E-state index in [0.717, 1.165) is 11.4 Å². The standard InChI is InChI=1S/C17H17ClN6O3S/c1-9-6-10(2)24-16(19-9)22-23-17(24)28-8-14(25)20-21-15(26)12-7-11(18)4-5-13(12)27-3/h4-7H,8H2,1-3H3,(H,20,25)(H,21,26). The van der Waals surface area contributed by atoms with Crippen molar-refractivity contribution < 1.29 is 14.3 Å². The number of rotatable bonds is 5. The van der Waals surface area contributed by atoms with Gasteiger partial charge in [0.05, 0.1) is 18.4 Å². The lowest BCUT2D eigenvalue weighted by Gasteiger charge is -2.10. The fraction of sp³-hybridized carbons (Fsp3) is 0.235. The molecule has 0 atom stereocenters. The van der Waals surface area contributed by atoms with E-state index in [1.54, 1.807) is 16.5 Å². The number of halogens is 1. The molecule has 0 unspecified atom stereocenters. The van der Waals surface area contributed by atoms with Gasteiger partial charge in [0.2, 0.25) is 5.91 Å². The van der Waals surface area contributed by atoms with Crippen molar-refractivity contribution in [3.8, 4) is 5.75 Å². The molecule has 0 spiro atoms. The number of carbonyl (C=O) groups is 2. The number of methoxy groups -OCH3 is 1. The average molecular weight is 421 g/mol. The van der Waals surface area contributed by atoms with Crippen molar-refractivity contribution in [2.24, 2.45) is 0 Å². The van der Waals surface area contributed by atoms with Crippen molar-refractivity contribution in [2.75, 3.05) is 12.9 Å². The number of aromatic nitrogens is 4. The van der Waals surface area contributed by atoms with Gasteiger partial charge in [-0.15, -0.1) is 10.2 Å². The number of thioether (sulfide) groups is 1. The number of fused-ring (bicyclic) bond motifs is 1. The van der Waals surface area contributed by atoms with Crippen LogP contribution in [0, 0.1) is 13.8 Å². The number of hydrazine groups is 1. The highest BCUT2D eigenvalue weighted by Crippen LogP contribution is 2.22. The summed E-state index contributed by atoms with van der Waals surface area (Å²) in [6, 6.07) is 6.53. The van der Waals surface area contributed by atoms with Crippen molar-refractivity contribution >= 4 is 41.0 Å². The van der Waals surface area contributed by atoms with E-state index in [9.17, 15) is 9.59 Å². The third-order valence-electron chi connectivity index (χ3n) is 3.72. The molecular weight excluding hydrogens is 404 g/mol. The molecule has 0 radical (unpaired) electrons. The smallest absolute Gasteiger partial charge is 0.273 e. The summed E-state index contributed by atoms with van der Waals surface area (Å²) in [6.45, 7) is 3.79. The molecule has 0 saturated heterocycles. The first-order valence-corrected chi connectivity index (χ1v) is 9.50. The van der Waals surface area contributed by atoms with Crippen LogP contribution in [-0.2, 0) is 4.79 Å². The van der Waals surface area contributed by atoms with E-state index < -0.39 is 11.8 Å². The quantitative estimate of drug-likeness (QED) is 0.479. The minimum Gasteiger partial charge on any atom is -0.496 e. The number of nitrogens with zero attached hydrogens (tertiary/aromatic N) is 4. The van der Waals surface area contributed by atoms with Crippen LogP contribution in [0.3, 0.4) is 0 Å². The molecule has 2 heterocycles. The summed E-state index contributed by atoms with van der Waals surface area (Å²) in [6.07, 6.45) is 0. The van der Waals surface area contributed by atoms with Gasteiger partial charge >= 0.3 is 0 Å². The number of carbonyl (C=O) groups excluding carboxylic acids is 2. The zero-order valence-corrected chi connectivity index (χ0v) is 16.9. The first-order valence-electron chi connectivity index (χ1n) is 8.14. The van der Waals surface area contributed by atoms with Crippen LogP contribution >= 0.6 is 23.4 Å². The Hall–Kier alpha value is -2.85. The monoisotopic (exact) mass is 420 g/mol. The van der Waals surface area contributed by atoms with Gasteiger partial charge in [-0.2, -0.15) is 0 Å². The van der Waals surface area contributed by atoms with Crippen LogP contribution in [0.1, 0.15) is 21.7 Å². The van der Waals surface area contributed by atoms with E-state index in [4.69, 9.17) is 16.3 Å². The first-order chi connectivity index (χ1) is 13.4. The topological polar surface area (TPSA) is 111 Å². The van der Waals surface area contributed by atoms with Gasteiger partial charge in [-0.05, 0) is 38.1 Å². The van der Waals surface area contributed by atoms with E-state index in [-0.39, 0.29) is 11.3 Å². The minimum atomic E-state index is -0.541. The molecular formula is C17H17ClN6O3S. The van der Waals surface area contributed by atoms with Crippen molar-refractivity contribution in [3.05, 3.63) is 46.2 Å². The Labute approximate surface area is 169 Å². The molecule has 0 saturated carbocycles. The highest BCUT2D eigenvalue weighted by Gasteiger charge is 2.15. The molecule has 3 rings (SSSR count). The number of benzene rings is 1. The van der Waals surface area contributed by atoms with Gasteiger partial charge < -0.3 is 4.74 Å². The summed E-state index contributed by atoms with van der Waals surface area (Å²) < 4.78 is 6.89. The largest absolute Gasteiger partial charge is 0.496 e. The number of hydrogen-bond donors (Lipinski definition) is 2. The van der Waals surface area contributed by atoms with Crippen LogP contribution in [0.5, 0.6) is 5.75 Å². The van der Waals surface area contributed by atoms with Crippen LogP contribution in [0.25, 0.3) is 5.78 Å². The number of nitrogens with one attached hydrogen (secondary N) is 2. The predicted octanol–water partition coefficient (Wildman–Crippen LogP) is 1.96. The molecule has 11 heteroatoms. The third-order valence-corrected chi connectivity index (χ3v) is 4.88. The summed E-state index contributed by atoms with van der Waals surface area (Å²) in [5.74, 6) is -0.100. The Morgan fingerprint density at radius 1 is 1.21 bits per heavy atom. The lowest BCUT2D eigenvalue weighted by atomic mass is 10.2. The molecule has 0 aliphatic heterocycles. The number of hydrogen-bond acceptors (Lipinski definition) is 7. The Morgan fingerprint density at radius 3 is 2.75 bits per heavy atom. The second kappa shape index (κ2) is 8.44. The summed E-state index contributed by atoms with van der Waals surface area (Å²) in [5.41, 5.74) is 6.66. The molecule has 2 amide bonds. The second-order valence-corrected chi connectivity index (χ2v) is 7.17. The molecule has 146 valence electrons. The van der Waals surface area contributed by atoms with Gasteiger partial charge in [0.1, 0.15) is 5.75 Å². The molecule has 0 aliphatic carbocycles. The minimum absolute atomic E-state index is 0.0288. The van der Waals surface area contributed by atoms with Gasteiger partial charge in [0, 0.05) is 16.4 Å². The van der Waals surface area contributed by atoms with Crippen molar-refractivity contribution in [1.29, 1.82) is 0 Å². The highest BCUT2D eigenvalue weighted by atomic mass is 35.5. The first kappa shape index (κ1) is 19.9. The number of aryl methyl sites for hydroxylation is 2. The Bertz CT molecular complexity index is 1050. The van der Waals surface area contributed by atoms with Gasteiger partial charge in [0.15, 0.2) is 5.16 Å².